The number of imidazole rings is 1. The topological polar surface area (TPSA) is 81.6 Å². The third-order valence-electron chi connectivity index (χ3n) is 8.91. The molecule has 38 heavy (non-hydrogen) atoms. The van der Waals surface area contributed by atoms with Crippen molar-refractivity contribution in [1.29, 1.82) is 0 Å². The van der Waals surface area contributed by atoms with Gasteiger partial charge in [0, 0.05) is 12.6 Å². The zero-order chi connectivity index (χ0) is 26.5. The Morgan fingerprint density at radius 2 is 1.58 bits per heavy atom. The Bertz CT molecular complexity index is 1240. The Kier molecular flexibility index (Phi) is 8.65. The highest BCUT2D eigenvalue weighted by molar-refractivity contribution is 5.75. The Morgan fingerprint density at radius 1 is 0.895 bits per heavy atom. The summed E-state index contributed by atoms with van der Waals surface area (Å²) in [6.45, 7) is 3.96. The van der Waals surface area contributed by atoms with Gasteiger partial charge in [0.05, 0.1) is 11.0 Å². The summed E-state index contributed by atoms with van der Waals surface area (Å²) in [6, 6.07) is 18.5. The second-order valence-corrected chi connectivity index (χ2v) is 11.4. The van der Waals surface area contributed by atoms with Crippen LogP contribution < -0.4 is 5.69 Å². The standard InChI is InChI=1S/C18H25NO2.C13H17N3O/c20-18(21)17(15-9-5-2-6-10-15)19-12-11-16(13-19)14-7-3-1-4-8-14;1-15-8-6-10(7-9-15)16-12-5-3-2-4-11(12)14-13(16)17/h1,3-4,7-8,15-17H,2,5-6,9-13H2,(H,20,21);2-5,10H,6-9H2,1H3,(H,14,17)/t16-,17?;/m1./s1. The number of aliphatic carboxylic acids is 1. The molecule has 3 fully saturated rings. The third kappa shape index (κ3) is 6.05. The fourth-order valence-electron chi connectivity index (χ4n) is 6.83. The summed E-state index contributed by atoms with van der Waals surface area (Å²) >= 11 is 0. The van der Waals surface area contributed by atoms with E-state index in [2.05, 4.69) is 46.1 Å². The number of nitrogens with one attached hydrogen (secondary N) is 1. The molecule has 1 aromatic heterocycles. The molecule has 3 aliphatic rings. The SMILES string of the molecule is CN1CCC(n2c(=O)[nH]c3ccccc32)CC1.O=C(O)C(C1CCCCC1)N1CC[C@@H](c2ccccc2)C1. The highest BCUT2D eigenvalue weighted by atomic mass is 16.4. The number of carbonyl (C=O) groups is 1. The highest BCUT2D eigenvalue weighted by Crippen LogP contribution is 2.34. The molecule has 0 bridgehead atoms. The van der Waals surface area contributed by atoms with Crippen LogP contribution in [0.3, 0.4) is 0 Å². The fraction of sp³-hybridized carbons (Fsp3) is 0.548. The molecule has 7 heteroatoms. The van der Waals surface area contributed by atoms with E-state index in [1.165, 1.54) is 24.8 Å². The minimum Gasteiger partial charge on any atom is -0.480 e. The van der Waals surface area contributed by atoms with Gasteiger partial charge >= 0.3 is 11.7 Å². The molecule has 1 aliphatic carbocycles. The van der Waals surface area contributed by atoms with E-state index < -0.39 is 5.97 Å². The van der Waals surface area contributed by atoms with E-state index in [9.17, 15) is 14.7 Å². The zero-order valence-corrected chi connectivity index (χ0v) is 22.6. The lowest BCUT2D eigenvalue weighted by atomic mass is 9.83. The van der Waals surface area contributed by atoms with Crippen molar-refractivity contribution < 1.29 is 9.90 Å². The summed E-state index contributed by atoms with van der Waals surface area (Å²) in [7, 11) is 2.13. The predicted octanol–water partition coefficient (Wildman–Crippen LogP) is 5.11. The van der Waals surface area contributed by atoms with E-state index in [1.54, 1.807) is 0 Å². The molecule has 2 aromatic carbocycles. The Hall–Kier alpha value is -2.90. The van der Waals surface area contributed by atoms with Crippen LogP contribution in [0.1, 0.15) is 68.9 Å². The minimum atomic E-state index is -0.615. The number of H-pyrrole nitrogens is 1. The number of carboxylic acid groups (broad SMARTS) is 1. The summed E-state index contributed by atoms with van der Waals surface area (Å²) in [5.74, 6) is 0.234. The van der Waals surface area contributed by atoms with Gasteiger partial charge in [-0.25, -0.2) is 4.79 Å². The summed E-state index contributed by atoms with van der Waals surface area (Å²) in [5.41, 5.74) is 3.36. The molecule has 2 saturated heterocycles. The largest absolute Gasteiger partial charge is 0.480 e. The highest BCUT2D eigenvalue weighted by Gasteiger charge is 2.38. The minimum absolute atomic E-state index is 0.0285. The van der Waals surface area contributed by atoms with E-state index in [0.29, 0.717) is 17.9 Å². The molecule has 1 saturated carbocycles. The monoisotopic (exact) mass is 518 g/mol. The number of piperidine rings is 1. The lowest BCUT2D eigenvalue weighted by molar-refractivity contribution is -0.145. The van der Waals surface area contributed by atoms with Gasteiger partial charge in [-0.1, -0.05) is 61.7 Å². The van der Waals surface area contributed by atoms with Gasteiger partial charge in [0.15, 0.2) is 0 Å². The second kappa shape index (κ2) is 12.3. The predicted molar refractivity (Wildman–Crippen MR) is 152 cm³/mol. The number of benzene rings is 2. The zero-order valence-electron chi connectivity index (χ0n) is 22.6. The van der Waals surface area contributed by atoms with Crippen molar-refractivity contribution in [3.05, 3.63) is 70.6 Å². The van der Waals surface area contributed by atoms with Crippen molar-refractivity contribution >= 4 is 17.0 Å². The van der Waals surface area contributed by atoms with Crippen LogP contribution in [0, 0.1) is 5.92 Å². The van der Waals surface area contributed by atoms with Gasteiger partial charge in [0.1, 0.15) is 6.04 Å². The molecule has 0 amide bonds. The number of hydrogen-bond acceptors (Lipinski definition) is 4. The van der Waals surface area contributed by atoms with E-state index in [0.717, 1.165) is 69.3 Å². The van der Waals surface area contributed by atoms with Crippen molar-refractivity contribution in [2.75, 3.05) is 33.2 Å². The smallest absolute Gasteiger partial charge is 0.326 e. The van der Waals surface area contributed by atoms with E-state index in [-0.39, 0.29) is 11.7 Å². The Balaban J connectivity index is 0.000000158. The van der Waals surface area contributed by atoms with Crippen molar-refractivity contribution in [3.63, 3.8) is 0 Å². The van der Waals surface area contributed by atoms with E-state index in [4.69, 9.17) is 0 Å². The van der Waals surface area contributed by atoms with Crippen molar-refractivity contribution in [1.82, 2.24) is 19.4 Å². The molecule has 3 heterocycles. The molecule has 0 radical (unpaired) electrons. The Morgan fingerprint density at radius 3 is 2.29 bits per heavy atom. The summed E-state index contributed by atoms with van der Waals surface area (Å²) < 4.78 is 1.93. The van der Waals surface area contributed by atoms with Crippen molar-refractivity contribution in [3.8, 4) is 0 Å². The van der Waals surface area contributed by atoms with Crippen LogP contribution in [0.5, 0.6) is 0 Å². The molecular formula is C31H42N4O3. The number of nitrogens with zero attached hydrogens (tertiary/aromatic N) is 3. The Labute approximate surface area is 225 Å². The van der Waals surface area contributed by atoms with Crippen LogP contribution >= 0.6 is 0 Å². The molecular weight excluding hydrogens is 476 g/mol. The van der Waals surface area contributed by atoms with E-state index >= 15 is 0 Å². The van der Waals surface area contributed by atoms with Crippen molar-refractivity contribution in [2.24, 2.45) is 5.92 Å². The van der Waals surface area contributed by atoms with Crippen LogP contribution in [0.25, 0.3) is 11.0 Å². The maximum absolute atomic E-state index is 12.0. The average molecular weight is 519 g/mol. The quantitative estimate of drug-likeness (QED) is 0.491. The first-order valence-corrected chi connectivity index (χ1v) is 14.4. The van der Waals surface area contributed by atoms with Gasteiger partial charge in [-0.3, -0.25) is 14.3 Å². The first-order valence-electron chi connectivity index (χ1n) is 14.4. The molecule has 204 valence electrons. The third-order valence-corrected chi connectivity index (χ3v) is 8.91. The molecule has 2 atom stereocenters. The second-order valence-electron chi connectivity index (χ2n) is 11.4. The lowest BCUT2D eigenvalue weighted by Crippen LogP contribution is -2.45. The number of aromatic amines is 1. The van der Waals surface area contributed by atoms with Crippen LogP contribution in [0.4, 0.5) is 0 Å². The number of likely N-dealkylation sites (tertiary alicyclic amines) is 2. The number of aromatic nitrogens is 2. The molecule has 1 unspecified atom stereocenters. The summed E-state index contributed by atoms with van der Waals surface area (Å²) in [4.78, 5) is 31.3. The van der Waals surface area contributed by atoms with Gasteiger partial charge in [0.25, 0.3) is 0 Å². The van der Waals surface area contributed by atoms with Gasteiger partial charge in [-0.15, -0.1) is 0 Å². The maximum Gasteiger partial charge on any atom is 0.326 e. The van der Waals surface area contributed by atoms with Crippen molar-refractivity contribution in [2.45, 2.75) is 69.4 Å². The van der Waals surface area contributed by atoms with Gasteiger partial charge in [-0.05, 0) is 88.3 Å². The van der Waals surface area contributed by atoms with Gasteiger partial charge < -0.3 is 15.0 Å². The normalized spacial score (nSPS) is 22.7. The van der Waals surface area contributed by atoms with Crippen LogP contribution in [-0.4, -0.2) is 69.7 Å². The first kappa shape index (κ1) is 26.7. The molecule has 3 aromatic rings. The molecule has 7 nitrogen and oxygen atoms in total. The van der Waals surface area contributed by atoms with Crippen LogP contribution in [-0.2, 0) is 4.79 Å². The molecule has 2 N–H and O–H groups in total. The first-order chi connectivity index (χ1) is 18.5. The van der Waals surface area contributed by atoms with Crippen LogP contribution in [0.2, 0.25) is 0 Å². The number of hydrogen-bond donors (Lipinski definition) is 2. The summed E-state index contributed by atoms with van der Waals surface area (Å²) in [6.07, 6.45) is 9.04. The molecule has 2 aliphatic heterocycles. The van der Waals surface area contributed by atoms with Gasteiger partial charge in [0.2, 0.25) is 0 Å². The lowest BCUT2D eigenvalue weighted by Gasteiger charge is -2.33. The molecule has 0 spiro atoms. The summed E-state index contributed by atoms with van der Waals surface area (Å²) in [5, 5.41) is 9.70. The maximum atomic E-state index is 12.0. The number of carboxylic acids is 1. The van der Waals surface area contributed by atoms with E-state index in [1.807, 2.05) is 34.9 Å². The number of para-hydroxylation sites is 2. The average Bonchev–Trinajstić information content (AvgIpc) is 3.55. The molecule has 6 rings (SSSR count). The number of rotatable bonds is 5. The van der Waals surface area contributed by atoms with Gasteiger partial charge in [-0.2, -0.15) is 0 Å². The fourth-order valence-corrected chi connectivity index (χ4v) is 6.83. The van der Waals surface area contributed by atoms with Crippen LogP contribution in [0.15, 0.2) is 59.4 Å². The number of fused-ring (bicyclic) bond motifs is 1.